The molecule has 0 unspecified atom stereocenters. The number of hydrogen-bond acceptors (Lipinski definition) is 5. The summed E-state index contributed by atoms with van der Waals surface area (Å²) in [5.74, 6) is 1.62. The highest BCUT2D eigenvalue weighted by atomic mass is 16.5. The molecule has 0 atom stereocenters. The van der Waals surface area contributed by atoms with Gasteiger partial charge in [0, 0.05) is 43.4 Å². The Morgan fingerprint density at radius 3 is 2.70 bits per heavy atom. The average molecular weight is 311 g/mol. The van der Waals surface area contributed by atoms with Crippen molar-refractivity contribution >= 4 is 22.5 Å². The molecule has 0 bridgehead atoms. The average Bonchev–Trinajstić information content (AvgIpc) is 2.99. The lowest BCUT2D eigenvalue weighted by atomic mass is 10.1. The predicted molar refractivity (Wildman–Crippen MR) is 92.9 cm³/mol. The van der Waals surface area contributed by atoms with Crippen molar-refractivity contribution in [3.05, 3.63) is 48.4 Å². The third-order valence-electron chi connectivity index (χ3n) is 3.65. The molecule has 120 valence electrons. The number of nitrogens with one attached hydrogen (secondary N) is 3. The van der Waals surface area contributed by atoms with E-state index in [2.05, 4.69) is 50.0 Å². The Morgan fingerprint density at radius 2 is 1.87 bits per heavy atom. The molecule has 1 aromatic carbocycles. The molecule has 0 saturated heterocycles. The number of ether oxygens (including phenoxy) is 1. The fourth-order valence-electron chi connectivity index (χ4n) is 2.50. The van der Waals surface area contributed by atoms with Crippen LogP contribution < -0.4 is 10.6 Å². The van der Waals surface area contributed by atoms with Crippen LogP contribution in [0.5, 0.6) is 0 Å². The highest BCUT2D eigenvalue weighted by molar-refractivity contribution is 5.83. The van der Waals surface area contributed by atoms with Crippen LogP contribution in [-0.4, -0.2) is 41.8 Å². The summed E-state index contributed by atoms with van der Waals surface area (Å²) in [6.07, 6.45) is 4.56. The number of fused-ring (bicyclic) bond motifs is 1. The Bertz CT molecular complexity index is 755. The summed E-state index contributed by atoms with van der Waals surface area (Å²) >= 11 is 0. The Labute approximate surface area is 135 Å². The Kier molecular flexibility index (Phi) is 5.06. The van der Waals surface area contributed by atoms with E-state index < -0.39 is 0 Å². The lowest BCUT2D eigenvalue weighted by molar-refractivity contribution is 0.210. The van der Waals surface area contributed by atoms with Gasteiger partial charge in [-0.3, -0.25) is 0 Å². The fourth-order valence-corrected chi connectivity index (χ4v) is 2.50. The second-order valence-electron chi connectivity index (χ2n) is 5.24. The van der Waals surface area contributed by atoms with E-state index in [1.165, 1.54) is 16.5 Å². The number of aromatic nitrogens is 3. The van der Waals surface area contributed by atoms with Crippen molar-refractivity contribution in [1.29, 1.82) is 0 Å². The molecule has 23 heavy (non-hydrogen) atoms. The van der Waals surface area contributed by atoms with Gasteiger partial charge in [-0.15, -0.1) is 0 Å². The Morgan fingerprint density at radius 1 is 1.09 bits per heavy atom. The molecule has 0 aliphatic carbocycles. The van der Waals surface area contributed by atoms with Gasteiger partial charge in [0.25, 0.3) is 0 Å². The topological polar surface area (TPSA) is 74.9 Å². The summed E-state index contributed by atoms with van der Waals surface area (Å²) in [5.41, 5.74) is 2.48. The van der Waals surface area contributed by atoms with Crippen LogP contribution in [0.15, 0.2) is 42.9 Å². The fraction of sp³-hybridized carbons (Fsp3) is 0.294. The smallest absolute Gasteiger partial charge is 0.131 e. The van der Waals surface area contributed by atoms with Crippen molar-refractivity contribution in [1.82, 2.24) is 15.0 Å². The highest BCUT2D eigenvalue weighted by Gasteiger charge is 2.03. The number of rotatable bonds is 8. The molecule has 6 heteroatoms. The van der Waals surface area contributed by atoms with Crippen molar-refractivity contribution in [2.24, 2.45) is 0 Å². The molecule has 0 spiro atoms. The maximum Gasteiger partial charge on any atom is 0.131 e. The van der Waals surface area contributed by atoms with Crippen LogP contribution in [0.25, 0.3) is 10.9 Å². The first-order valence-electron chi connectivity index (χ1n) is 7.70. The standard InChI is InChI=1S/C17H21N5O/c1-23-9-8-19-17-10-16(21-12-22-17)18-7-6-13-11-20-15-5-3-2-4-14(13)15/h2-5,10-12,20H,6-9H2,1H3,(H2,18,19,21,22). The Hall–Kier alpha value is -2.60. The Balaban J connectivity index is 1.55. The zero-order valence-corrected chi connectivity index (χ0v) is 13.2. The summed E-state index contributed by atoms with van der Waals surface area (Å²) in [6.45, 7) is 2.19. The van der Waals surface area contributed by atoms with Gasteiger partial charge >= 0.3 is 0 Å². The molecular weight excluding hydrogens is 290 g/mol. The number of hydrogen-bond donors (Lipinski definition) is 3. The van der Waals surface area contributed by atoms with E-state index in [4.69, 9.17) is 4.74 Å². The minimum atomic E-state index is 0.646. The van der Waals surface area contributed by atoms with E-state index >= 15 is 0 Å². The molecule has 2 aromatic heterocycles. The number of benzene rings is 1. The molecule has 0 saturated carbocycles. The minimum Gasteiger partial charge on any atom is -0.383 e. The van der Waals surface area contributed by atoms with Gasteiger partial charge in [-0.1, -0.05) is 18.2 Å². The predicted octanol–water partition coefficient (Wildman–Crippen LogP) is 2.67. The molecule has 0 fully saturated rings. The summed E-state index contributed by atoms with van der Waals surface area (Å²) in [7, 11) is 1.68. The van der Waals surface area contributed by atoms with Crippen LogP contribution in [-0.2, 0) is 11.2 Å². The maximum absolute atomic E-state index is 5.01. The SMILES string of the molecule is COCCNc1cc(NCCc2c[nH]c3ccccc23)ncn1. The van der Waals surface area contributed by atoms with Gasteiger partial charge in [-0.05, 0) is 18.1 Å². The second-order valence-corrected chi connectivity index (χ2v) is 5.24. The van der Waals surface area contributed by atoms with Gasteiger partial charge in [-0.2, -0.15) is 0 Å². The van der Waals surface area contributed by atoms with Crippen molar-refractivity contribution in [2.45, 2.75) is 6.42 Å². The molecule has 3 N–H and O–H groups in total. The van der Waals surface area contributed by atoms with Crippen molar-refractivity contribution in [3.63, 3.8) is 0 Å². The van der Waals surface area contributed by atoms with E-state index in [9.17, 15) is 0 Å². The van der Waals surface area contributed by atoms with Crippen LogP contribution in [0.2, 0.25) is 0 Å². The number of H-pyrrole nitrogens is 1. The first kappa shape index (κ1) is 15.3. The quantitative estimate of drug-likeness (QED) is 0.558. The molecular formula is C17H21N5O. The van der Waals surface area contributed by atoms with Crippen molar-refractivity contribution in [2.75, 3.05) is 37.4 Å². The van der Waals surface area contributed by atoms with Crippen LogP contribution in [0.4, 0.5) is 11.6 Å². The van der Waals surface area contributed by atoms with Gasteiger partial charge in [0.05, 0.1) is 6.61 Å². The highest BCUT2D eigenvalue weighted by Crippen LogP contribution is 2.18. The van der Waals surface area contributed by atoms with Gasteiger partial charge in [0.15, 0.2) is 0 Å². The zero-order valence-electron chi connectivity index (χ0n) is 13.2. The monoisotopic (exact) mass is 311 g/mol. The summed E-state index contributed by atoms with van der Waals surface area (Å²) in [6, 6.07) is 10.2. The van der Waals surface area contributed by atoms with E-state index in [-0.39, 0.29) is 0 Å². The van der Waals surface area contributed by atoms with E-state index in [1.807, 2.05) is 12.1 Å². The van der Waals surface area contributed by atoms with Gasteiger partial charge in [0.1, 0.15) is 18.0 Å². The van der Waals surface area contributed by atoms with Gasteiger partial charge < -0.3 is 20.4 Å². The molecule has 3 aromatic rings. The second kappa shape index (κ2) is 7.60. The third kappa shape index (κ3) is 3.98. The van der Waals surface area contributed by atoms with Crippen LogP contribution in [0.3, 0.4) is 0 Å². The van der Waals surface area contributed by atoms with Crippen molar-refractivity contribution < 1.29 is 4.74 Å². The number of methoxy groups -OCH3 is 1. The maximum atomic E-state index is 5.01. The summed E-state index contributed by atoms with van der Waals surface area (Å²) in [5, 5.41) is 7.81. The largest absolute Gasteiger partial charge is 0.383 e. The minimum absolute atomic E-state index is 0.646. The number of aromatic amines is 1. The molecule has 0 aliphatic heterocycles. The number of nitrogens with zero attached hydrogens (tertiary/aromatic N) is 2. The summed E-state index contributed by atoms with van der Waals surface area (Å²) < 4.78 is 5.01. The van der Waals surface area contributed by atoms with E-state index in [1.54, 1.807) is 13.4 Å². The molecule has 0 radical (unpaired) electrons. The van der Waals surface area contributed by atoms with Crippen molar-refractivity contribution in [3.8, 4) is 0 Å². The number of para-hydroxylation sites is 1. The van der Waals surface area contributed by atoms with Crippen LogP contribution >= 0.6 is 0 Å². The first-order chi connectivity index (χ1) is 11.4. The molecule has 3 rings (SSSR count). The third-order valence-corrected chi connectivity index (χ3v) is 3.65. The lowest BCUT2D eigenvalue weighted by Crippen LogP contribution is -2.10. The van der Waals surface area contributed by atoms with E-state index in [0.717, 1.165) is 31.1 Å². The molecule has 0 amide bonds. The lowest BCUT2D eigenvalue weighted by Gasteiger charge is -2.08. The number of anilines is 2. The van der Waals surface area contributed by atoms with Crippen LogP contribution in [0.1, 0.15) is 5.56 Å². The van der Waals surface area contributed by atoms with Gasteiger partial charge in [0.2, 0.25) is 0 Å². The zero-order chi connectivity index (χ0) is 15.9. The van der Waals surface area contributed by atoms with Gasteiger partial charge in [-0.25, -0.2) is 9.97 Å². The van der Waals surface area contributed by atoms with E-state index in [0.29, 0.717) is 6.61 Å². The normalized spacial score (nSPS) is 10.8. The van der Waals surface area contributed by atoms with Crippen LogP contribution in [0, 0.1) is 0 Å². The molecule has 6 nitrogen and oxygen atoms in total. The molecule has 2 heterocycles. The summed E-state index contributed by atoms with van der Waals surface area (Å²) in [4.78, 5) is 11.7. The molecule has 0 aliphatic rings. The first-order valence-corrected chi connectivity index (χ1v) is 7.70.